The van der Waals surface area contributed by atoms with E-state index in [2.05, 4.69) is 17.2 Å². The molecule has 1 fully saturated rings. The molecular weight excluding hydrogens is 338 g/mol. The number of rotatable bonds is 7. The Kier molecular flexibility index (Phi) is 6.00. The Labute approximate surface area is 151 Å². The second kappa shape index (κ2) is 8.19. The van der Waals surface area contributed by atoms with Gasteiger partial charge in [0.2, 0.25) is 11.8 Å². The number of carbonyl (C=O) groups is 3. The lowest BCUT2D eigenvalue weighted by atomic mass is 9.99. The molecule has 1 aromatic carbocycles. The van der Waals surface area contributed by atoms with Crippen LogP contribution in [0.15, 0.2) is 42.6 Å². The third kappa shape index (κ3) is 3.69. The van der Waals surface area contributed by atoms with E-state index in [0.29, 0.717) is 22.9 Å². The number of nitrogens with one attached hydrogen (secondary N) is 2. The third-order valence-corrected chi connectivity index (χ3v) is 3.87. The number of methoxy groups -OCH3 is 2. The van der Waals surface area contributed by atoms with E-state index in [-0.39, 0.29) is 6.54 Å². The van der Waals surface area contributed by atoms with Crippen molar-refractivity contribution in [2.45, 2.75) is 6.92 Å². The van der Waals surface area contributed by atoms with E-state index in [9.17, 15) is 14.4 Å². The van der Waals surface area contributed by atoms with Crippen LogP contribution in [0.3, 0.4) is 0 Å². The van der Waals surface area contributed by atoms with E-state index in [0.717, 1.165) is 4.90 Å². The second-order valence-electron chi connectivity index (χ2n) is 5.40. The van der Waals surface area contributed by atoms with Gasteiger partial charge in [0.25, 0.3) is 0 Å². The first-order chi connectivity index (χ1) is 12.5. The molecule has 8 heteroatoms. The van der Waals surface area contributed by atoms with Gasteiger partial charge < -0.3 is 14.8 Å². The lowest BCUT2D eigenvalue weighted by Crippen LogP contribution is -2.58. The maximum Gasteiger partial charge on any atom is 0.331 e. The zero-order valence-corrected chi connectivity index (χ0v) is 14.9. The summed E-state index contributed by atoms with van der Waals surface area (Å²) in [6, 6.07) is 4.35. The van der Waals surface area contributed by atoms with Gasteiger partial charge in [-0.3, -0.25) is 19.8 Å². The molecule has 0 spiro atoms. The minimum Gasteiger partial charge on any atom is -0.497 e. The Balaban J connectivity index is 2.36. The van der Waals surface area contributed by atoms with Gasteiger partial charge in [0, 0.05) is 18.3 Å². The number of imide groups is 2. The fourth-order valence-corrected chi connectivity index (χ4v) is 2.57. The van der Waals surface area contributed by atoms with Crippen LogP contribution >= 0.6 is 0 Å². The summed E-state index contributed by atoms with van der Waals surface area (Å²) in [6.45, 7) is 5.21. The average Bonchev–Trinajstić information content (AvgIpc) is 2.63. The van der Waals surface area contributed by atoms with E-state index in [4.69, 9.17) is 9.47 Å². The summed E-state index contributed by atoms with van der Waals surface area (Å²) in [7, 11) is 3.03. The first-order valence-corrected chi connectivity index (χ1v) is 7.89. The van der Waals surface area contributed by atoms with Crippen molar-refractivity contribution in [3.05, 3.63) is 42.6 Å². The fraction of sp³-hybridized carbons (Fsp3) is 0.278. The van der Waals surface area contributed by atoms with Crippen LogP contribution in [0.2, 0.25) is 0 Å². The third-order valence-electron chi connectivity index (χ3n) is 3.87. The van der Waals surface area contributed by atoms with Crippen LogP contribution in [-0.2, 0) is 9.59 Å². The molecule has 0 saturated carbocycles. The first kappa shape index (κ1) is 19.0. The van der Waals surface area contributed by atoms with Crippen LogP contribution < -0.4 is 20.1 Å². The van der Waals surface area contributed by atoms with Crippen LogP contribution in [0.1, 0.15) is 6.92 Å². The van der Waals surface area contributed by atoms with E-state index < -0.39 is 23.8 Å². The number of amides is 4. The molecule has 1 aromatic rings. The van der Waals surface area contributed by atoms with Gasteiger partial charge in [0.15, 0.2) is 5.92 Å². The molecular formula is C18H21N3O5. The molecule has 2 rings (SSSR count). The number of hydrogen-bond donors (Lipinski definition) is 2. The minimum absolute atomic E-state index is 0.00786. The summed E-state index contributed by atoms with van der Waals surface area (Å²) >= 11 is 0. The standard InChI is InChI=1S/C18H21N3O5/c1-5-9-21-17(23)15(16(22)20-18(21)24)12(6-2)19-13-10-11(25-3)7-8-14(13)26-4/h5-8,10,15,19H,1,9H2,2-4H3,(H,20,22,24)/b12-6-/t15-/m1/s1. The van der Waals surface area contributed by atoms with Crippen LogP contribution in [0.25, 0.3) is 0 Å². The molecule has 0 aromatic heterocycles. The predicted molar refractivity (Wildman–Crippen MR) is 95.9 cm³/mol. The largest absolute Gasteiger partial charge is 0.497 e. The highest BCUT2D eigenvalue weighted by atomic mass is 16.5. The molecule has 1 aliphatic rings. The number of anilines is 1. The van der Waals surface area contributed by atoms with Crippen molar-refractivity contribution in [3.8, 4) is 11.5 Å². The minimum atomic E-state index is -1.19. The highest BCUT2D eigenvalue weighted by Crippen LogP contribution is 2.32. The van der Waals surface area contributed by atoms with Crippen molar-refractivity contribution < 1.29 is 23.9 Å². The number of allylic oxidation sites excluding steroid dienone is 1. The monoisotopic (exact) mass is 359 g/mol. The molecule has 4 amide bonds. The quantitative estimate of drug-likeness (QED) is 0.570. The van der Waals surface area contributed by atoms with Crippen LogP contribution in [-0.4, -0.2) is 43.5 Å². The summed E-state index contributed by atoms with van der Waals surface area (Å²) in [4.78, 5) is 37.7. The smallest absolute Gasteiger partial charge is 0.331 e. The van der Waals surface area contributed by atoms with E-state index in [1.165, 1.54) is 20.3 Å². The molecule has 1 aliphatic heterocycles. The Bertz CT molecular complexity index is 772. The van der Waals surface area contributed by atoms with Gasteiger partial charge in [-0.05, 0) is 19.1 Å². The number of nitrogens with zero attached hydrogens (tertiary/aromatic N) is 1. The number of ether oxygens (including phenoxy) is 2. The van der Waals surface area contributed by atoms with Crippen LogP contribution in [0.5, 0.6) is 11.5 Å². The number of hydrogen-bond acceptors (Lipinski definition) is 6. The van der Waals surface area contributed by atoms with Gasteiger partial charge in [-0.15, -0.1) is 6.58 Å². The summed E-state index contributed by atoms with van der Waals surface area (Å²) in [5.41, 5.74) is 0.841. The van der Waals surface area contributed by atoms with Crippen LogP contribution in [0.4, 0.5) is 10.5 Å². The van der Waals surface area contributed by atoms with Crippen molar-refractivity contribution in [1.29, 1.82) is 0 Å². The molecule has 1 heterocycles. The molecule has 8 nitrogen and oxygen atoms in total. The Morgan fingerprint density at radius 3 is 2.62 bits per heavy atom. The molecule has 0 bridgehead atoms. The fourth-order valence-electron chi connectivity index (χ4n) is 2.57. The number of carbonyl (C=O) groups excluding carboxylic acids is 3. The molecule has 1 saturated heterocycles. The Morgan fingerprint density at radius 2 is 2.04 bits per heavy atom. The SMILES string of the molecule is C=CCN1C(=O)NC(=O)[C@@H](/C(=C/C)Nc2cc(OC)ccc2OC)C1=O. The van der Waals surface area contributed by atoms with Gasteiger partial charge in [-0.2, -0.15) is 0 Å². The van der Waals surface area contributed by atoms with Crippen molar-refractivity contribution in [3.63, 3.8) is 0 Å². The maximum atomic E-state index is 12.7. The summed E-state index contributed by atoms with van der Waals surface area (Å²) < 4.78 is 10.5. The summed E-state index contributed by atoms with van der Waals surface area (Å²) in [5.74, 6) is -1.42. The van der Waals surface area contributed by atoms with Gasteiger partial charge in [0.05, 0.1) is 19.9 Å². The van der Waals surface area contributed by atoms with Gasteiger partial charge in [-0.25, -0.2) is 4.79 Å². The first-order valence-electron chi connectivity index (χ1n) is 7.89. The average molecular weight is 359 g/mol. The highest BCUT2D eigenvalue weighted by Gasteiger charge is 2.42. The topological polar surface area (TPSA) is 97.0 Å². The number of urea groups is 1. The molecule has 138 valence electrons. The highest BCUT2D eigenvalue weighted by molar-refractivity contribution is 6.18. The molecule has 26 heavy (non-hydrogen) atoms. The Morgan fingerprint density at radius 1 is 1.31 bits per heavy atom. The molecule has 1 atom stereocenters. The van der Waals surface area contributed by atoms with Gasteiger partial charge in [0.1, 0.15) is 11.5 Å². The van der Waals surface area contributed by atoms with Crippen LogP contribution in [0, 0.1) is 5.92 Å². The van der Waals surface area contributed by atoms with Gasteiger partial charge >= 0.3 is 6.03 Å². The Hall–Kier alpha value is -3.29. The maximum absolute atomic E-state index is 12.7. The van der Waals surface area contributed by atoms with E-state index in [1.807, 2.05) is 0 Å². The van der Waals surface area contributed by atoms with Crippen molar-refractivity contribution in [2.24, 2.45) is 5.92 Å². The molecule has 0 unspecified atom stereocenters. The second-order valence-corrected chi connectivity index (χ2v) is 5.40. The summed E-state index contributed by atoms with van der Waals surface area (Å²) in [5, 5.41) is 5.23. The lowest BCUT2D eigenvalue weighted by Gasteiger charge is -2.31. The summed E-state index contributed by atoms with van der Waals surface area (Å²) in [6.07, 6.45) is 3.02. The van der Waals surface area contributed by atoms with Gasteiger partial charge in [-0.1, -0.05) is 12.2 Å². The van der Waals surface area contributed by atoms with E-state index in [1.54, 1.807) is 31.2 Å². The molecule has 0 aliphatic carbocycles. The van der Waals surface area contributed by atoms with Crippen molar-refractivity contribution >= 4 is 23.5 Å². The normalized spacial score (nSPS) is 17.7. The zero-order chi connectivity index (χ0) is 19.3. The molecule has 0 radical (unpaired) electrons. The number of benzene rings is 1. The van der Waals surface area contributed by atoms with Crippen molar-refractivity contribution in [2.75, 3.05) is 26.1 Å². The lowest BCUT2D eigenvalue weighted by molar-refractivity contribution is -0.140. The number of barbiturate groups is 1. The predicted octanol–water partition coefficient (Wildman–Crippen LogP) is 1.90. The molecule has 2 N–H and O–H groups in total. The van der Waals surface area contributed by atoms with Crippen molar-refractivity contribution in [1.82, 2.24) is 10.2 Å². The van der Waals surface area contributed by atoms with E-state index >= 15 is 0 Å². The zero-order valence-electron chi connectivity index (χ0n) is 14.9.